The Labute approximate surface area is 114 Å². The molecule has 0 aromatic carbocycles. The Morgan fingerprint density at radius 3 is 3.05 bits per heavy atom. The maximum Gasteiger partial charge on any atom is 0.326 e. The highest BCUT2D eigenvalue weighted by molar-refractivity contribution is 5.81. The predicted molar refractivity (Wildman–Crippen MR) is 72.9 cm³/mol. The summed E-state index contributed by atoms with van der Waals surface area (Å²) in [7, 11) is 1.84. The molecule has 2 atom stereocenters. The van der Waals surface area contributed by atoms with Gasteiger partial charge in [-0.1, -0.05) is 0 Å². The molecule has 106 valence electrons. The van der Waals surface area contributed by atoms with E-state index in [4.69, 9.17) is 4.74 Å². The van der Waals surface area contributed by atoms with Crippen molar-refractivity contribution < 1.29 is 9.53 Å². The largest absolute Gasteiger partial charge is 0.465 e. The fourth-order valence-electron chi connectivity index (χ4n) is 2.89. The van der Waals surface area contributed by atoms with E-state index in [1.165, 1.54) is 0 Å². The maximum absolute atomic E-state index is 12.2. The highest BCUT2D eigenvalue weighted by atomic mass is 16.5. The van der Waals surface area contributed by atoms with Crippen LogP contribution in [0, 0.1) is 6.92 Å². The first kappa shape index (κ1) is 14.1. The molecule has 2 rings (SSSR count). The molecule has 1 saturated carbocycles. The zero-order valence-corrected chi connectivity index (χ0v) is 12.0. The number of nitrogens with zero attached hydrogens (tertiary/aromatic N) is 2. The van der Waals surface area contributed by atoms with Crippen LogP contribution in [0.4, 0.5) is 0 Å². The number of nitrogens with one attached hydrogen (secondary N) is 1. The van der Waals surface area contributed by atoms with Crippen molar-refractivity contribution in [2.45, 2.75) is 51.1 Å². The first-order chi connectivity index (χ1) is 9.11. The molecule has 0 aliphatic heterocycles. The van der Waals surface area contributed by atoms with Crippen molar-refractivity contribution in [3.05, 3.63) is 18.0 Å². The summed E-state index contributed by atoms with van der Waals surface area (Å²) in [4.78, 5) is 12.2. The third kappa shape index (κ3) is 2.81. The lowest BCUT2D eigenvalue weighted by Gasteiger charge is -2.38. The Kier molecular flexibility index (Phi) is 4.24. The van der Waals surface area contributed by atoms with Crippen LogP contribution in [-0.2, 0) is 9.53 Å². The van der Waals surface area contributed by atoms with Crippen molar-refractivity contribution in [1.29, 1.82) is 0 Å². The number of aryl methyl sites for hydroxylation is 1. The molecule has 0 saturated heterocycles. The smallest absolute Gasteiger partial charge is 0.326 e. The number of hydrogen-bond acceptors (Lipinski definition) is 4. The van der Waals surface area contributed by atoms with E-state index >= 15 is 0 Å². The summed E-state index contributed by atoms with van der Waals surface area (Å²) >= 11 is 0. The van der Waals surface area contributed by atoms with E-state index in [-0.39, 0.29) is 12.0 Å². The Bertz CT molecular complexity index is 444. The summed E-state index contributed by atoms with van der Waals surface area (Å²) in [5, 5.41) is 7.57. The number of hydrogen-bond donors (Lipinski definition) is 1. The lowest BCUT2D eigenvalue weighted by atomic mass is 9.79. The lowest BCUT2D eigenvalue weighted by molar-refractivity contribution is -0.153. The van der Waals surface area contributed by atoms with Crippen LogP contribution in [0.15, 0.2) is 12.4 Å². The molecule has 5 heteroatoms. The second-order valence-corrected chi connectivity index (χ2v) is 5.30. The van der Waals surface area contributed by atoms with E-state index in [1.54, 1.807) is 0 Å². The molecule has 0 amide bonds. The van der Waals surface area contributed by atoms with Gasteiger partial charge in [-0.3, -0.25) is 9.48 Å². The van der Waals surface area contributed by atoms with Gasteiger partial charge < -0.3 is 10.1 Å². The predicted octanol–water partition coefficient (Wildman–Crippen LogP) is 1.83. The van der Waals surface area contributed by atoms with Gasteiger partial charge >= 0.3 is 5.97 Å². The number of likely N-dealkylation sites (N-methyl/N-ethyl adjacent to an activating group) is 1. The first-order valence-electron chi connectivity index (χ1n) is 6.98. The molecule has 1 aliphatic carbocycles. The Hall–Kier alpha value is -1.36. The lowest BCUT2D eigenvalue weighted by Crippen LogP contribution is -2.54. The van der Waals surface area contributed by atoms with Crippen molar-refractivity contribution >= 4 is 5.97 Å². The summed E-state index contributed by atoms with van der Waals surface area (Å²) in [6, 6.07) is 0.263. The highest BCUT2D eigenvalue weighted by Crippen LogP contribution is 2.36. The van der Waals surface area contributed by atoms with E-state index in [2.05, 4.69) is 10.4 Å². The van der Waals surface area contributed by atoms with Gasteiger partial charge in [0.1, 0.15) is 5.54 Å². The molecule has 1 heterocycles. The number of rotatable bonds is 4. The Morgan fingerprint density at radius 1 is 1.68 bits per heavy atom. The molecule has 1 aromatic heterocycles. The van der Waals surface area contributed by atoms with Gasteiger partial charge in [0, 0.05) is 6.20 Å². The minimum atomic E-state index is -0.557. The molecular weight excluding hydrogens is 242 g/mol. The molecular formula is C14H23N3O2. The van der Waals surface area contributed by atoms with Gasteiger partial charge in [-0.25, -0.2) is 0 Å². The van der Waals surface area contributed by atoms with Crippen LogP contribution in [-0.4, -0.2) is 34.9 Å². The summed E-state index contributed by atoms with van der Waals surface area (Å²) < 4.78 is 7.22. The summed E-state index contributed by atoms with van der Waals surface area (Å²) in [5.41, 5.74) is 0.593. The van der Waals surface area contributed by atoms with Crippen molar-refractivity contribution in [2.75, 3.05) is 13.7 Å². The van der Waals surface area contributed by atoms with Gasteiger partial charge in [0.25, 0.3) is 0 Å². The third-order valence-corrected chi connectivity index (χ3v) is 3.97. The van der Waals surface area contributed by atoms with Gasteiger partial charge in [-0.2, -0.15) is 5.10 Å². The van der Waals surface area contributed by atoms with E-state index in [9.17, 15) is 4.79 Å². The average molecular weight is 265 g/mol. The normalized spacial score (nSPS) is 27.2. The SMILES string of the molecule is CCOC(=O)C1(NC)CCCC(n2cc(C)cn2)C1. The second-order valence-electron chi connectivity index (χ2n) is 5.30. The van der Waals surface area contributed by atoms with Gasteiger partial charge in [0.05, 0.1) is 18.8 Å². The quantitative estimate of drug-likeness (QED) is 0.844. The van der Waals surface area contributed by atoms with Crippen molar-refractivity contribution in [3.8, 4) is 0 Å². The van der Waals surface area contributed by atoms with Gasteiger partial charge in [-0.05, 0) is 52.1 Å². The van der Waals surface area contributed by atoms with Gasteiger partial charge in [0.15, 0.2) is 0 Å². The first-order valence-corrected chi connectivity index (χ1v) is 6.98. The van der Waals surface area contributed by atoms with E-state index < -0.39 is 5.54 Å². The van der Waals surface area contributed by atoms with Crippen LogP contribution < -0.4 is 5.32 Å². The van der Waals surface area contributed by atoms with Crippen LogP contribution in [0.1, 0.15) is 44.2 Å². The van der Waals surface area contributed by atoms with E-state index in [1.807, 2.05) is 38.0 Å². The molecule has 0 radical (unpaired) electrons. The Balaban J connectivity index is 2.16. The Morgan fingerprint density at radius 2 is 2.47 bits per heavy atom. The molecule has 0 bridgehead atoms. The highest BCUT2D eigenvalue weighted by Gasteiger charge is 2.43. The van der Waals surface area contributed by atoms with Crippen LogP contribution in [0.3, 0.4) is 0 Å². The molecule has 1 N–H and O–H groups in total. The van der Waals surface area contributed by atoms with Crippen LogP contribution >= 0.6 is 0 Å². The number of carbonyl (C=O) groups excluding carboxylic acids is 1. The van der Waals surface area contributed by atoms with Gasteiger partial charge in [0.2, 0.25) is 0 Å². The van der Waals surface area contributed by atoms with Crippen molar-refractivity contribution in [1.82, 2.24) is 15.1 Å². The van der Waals surface area contributed by atoms with Crippen LogP contribution in [0.2, 0.25) is 0 Å². The molecule has 5 nitrogen and oxygen atoms in total. The molecule has 19 heavy (non-hydrogen) atoms. The molecule has 1 aromatic rings. The minimum Gasteiger partial charge on any atom is -0.465 e. The molecule has 1 fully saturated rings. The fourth-order valence-corrected chi connectivity index (χ4v) is 2.89. The minimum absolute atomic E-state index is 0.133. The summed E-state index contributed by atoms with van der Waals surface area (Å²) in [6.07, 6.45) is 7.54. The number of aromatic nitrogens is 2. The third-order valence-electron chi connectivity index (χ3n) is 3.97. The topological polar surface area (TPSA) is 56.1 Å². The van der Waals surface area contributed by atoms with Crippen molar-refractivity contribution in [2.24, 2.45) is 0 Å². The van der Waals surface area contributed by atoms with E-state index in [0.717, 1.165) is 31.2 Å². The van der Waals surface area contributed by atoms with Gasteiger partial charge in [-0.15, -0.1) is 0 Å². The molecule has 2 unspecified atom stereocenters. The second kappa shape index (κ2) is 5.74. The van der Waals surface area contributed by atoms with Crippen LogP contribution in [0.25, 0.3) is 0 Å². The fraction of sp³-hybridized carbons (Fsp3) is 0.714. The molecule has 0 spiro atoms. The summed E-state index contributed by atoms with van der Waals surface area (Å²) in [6.45, 7) is 4.30. The maximum atomic E-state index is 12.2. The zero-order chi connectivity index (χ0) is 13.9. The molecule has 1 aliphatic rings. The number of esters is 1. The monoisotopic (exact) mass is 265 g/mol. The zero-order valence-electron chi connectivity index (χ0n) is 12.0. The number of carbonyl (C=O) groups is 1. The summed E-state index contributed by atoms with van der Waals surface area (Å²) in [5.74, 6) is -0.133. The van der Waals surface area contributed by atoms with E-state index in [0.29, 0.717) is 6.61 Å². The van der Waals surface area contributed by atoms with Crippen molar-refractivity contribution in [3.63, 3.8) is 0 Å². The number of ether oxygens (including phenoxy) is 1. The van der Waals surface area contributed by atoms with Crippen LogP contribution in [0.5, 0.6) is 0 Å². The standard InChI is InChI=1S/C14H23N3O2/c1-4-19-13(18)14(15-3)7-5-6-12(8-14)17-10-11(2)9-16-17/h9-10,12,15H,4-8H2,1-3H3. The average Bonchev–Trinajstić information content (AvgIpc) is 2.86.